The van der Waals surface area contributed by atoms with Crippen LogP contribution < -0.4 is 0 Å². The highest BCUT2D eigenvalue weighted by atomic mass is 32.2. The summed E-state index contributed by atoms with van der Waals surface area (Å²) in [4.78, 5) is 0. The quantitative estimate of drug-likeness (QED) is 0.293. The van der Waals surface area contributed by atoms with Crippen molar-refractivity contribution < 1.29 is 5.11 Å². The molecule has 1 rings (SSSR count). The summed E-state index contributed by atoms with van der Waals surface area (Å²) >= 11 is 2.12. The standard InChI is InChI=1S/C26H46OS/c1-6-8-9-10-11-12-13-14-15-16-20-28-25(17-7-2)22-18-19-24(27)23(21-22)26(3,4)5/h18-19,21,25,27H,6-17,20H2,1-5H3. The summed E-state index contributed by atoms with van der Waals surface area (Å²) in [5.41, 5.74) is 2.45. The molecule has 162 valence electrons. The minimum atomic E-state index is -0.0158. The normalized spacial score (nSPS) is 13.0. The van der Waals surface area contributed by atoms with Crippen LogP contribution in [0, 0.1) is 0 Å². The fourth-order valence-electron chi connectivity index (χ4n) is 3.78. The third-order valence-corrected chi connectivity index (χ3v) is 7.00. The Morgan fingerprint density at radius 3 is 1.93 bits per heavy atom. The zero-order valence-electron chi connectivity index (χ0n) is 19.4. The topological polar surface area (TPSA) is 20.2 Å². The second-order valence-corrected chi connectivity index (χ2v) is 10.7. The number of hydrogen-bond acceptors (Lipinski definition) is 2. The van der Waals surface area contributed by atoms with Crippen LogP contribution in [0.2, 0.25) is 0 Å². The average molecular weight is 407 g/mol. The van der Waals surface area contributed by atoms with Crippen LogP contribution in [0.25, 0.3) is 0 Å². The van der Waals surface area contributed by atoms with Gasteiger partial charge in [-0.2, -0.15) is 11.8 Å². The summed E-state index contributed by atoms with van der Waals surface area (Å²) in [5.74, 6) is 1.69. The molecule has 1 atom stereocenters. The molecule has 0 aliphatic carbocycles. The Morgan fingerprint density at radius 2 is 1.39 bits per heavy atom. The van der Waals surface area contributed by atoms with E-state index in [1.807, 2.05) is 6.07 Å². The first-order chi connectivity index (χ1) is 13.4. The highest BCUT2D eigenvalue weighted by Crippen LogP contribution is 2.38. The van der Waals surface area contributed by atoms with Crippen LogP contribution in [0.5, 0.6) is 5.75 Å². The molecule has 0 radical (unpaired) electrons. The summed E-state index contributed by atoms with van der Waals surface area (Å²) in [6, 6.07) is 6.29. The summed E-state index contributed by atoms with van der Waals surface area (Å²) < 4.78 is 0. The smallest absolute Gasteiger partial charge is 0.119 e. The Kier molecular flexibility index (Phi) is 13.0. The second kappa shape index (κ2) is 14.4. The van der Waals surface area contributed by atoms with Crippen molar-refractivity contribution in [3.05, 3.63) is 29.3 Å². The molecule has 1 aromatic rings. The molecule has 0 amide bonds. The van der Waals surface area contributed by atoms with Gasteiger partial charge in [0.1, 0.15) is 5.75 Å². The summed E-state index contributed by atoms with van der Waals surface area (Å²) in [6.45, 7) is 11.1. The molecule has 0 saturated carbocycles. The Labute approximate surface area is 180 Å². The number of aromatic hydroxyl groups is 1. The lowest BCUT2D eigenvalue weighted by Gasteiger charge is -2.24. The molecular formula is C26H46OS. The van der Waals surface area contributed by atoms with E-state index in [1.54, 1.807) is 0 Å². The monoisotopic (exact) mass is 406 g/mol. The van der Waals surface area contributed by atoms with Crippen LogP contribution in [0.1, 0.15) is 128 Å². The maximum atomic E-state index is 10.3. The number of phenols is 1. The summed E-state index contributed by atoms with van der Waals surface area (Å²) in [7, 11) is 0. The van der Waals surface area contributed by atoms with Gasteiger partial charge in [0.2, 0.25) is 0 Å². The van der Waals surface area contributed by atoms with Gasteiger partial charge in [-0.1, -0.05) is 111 Å². The number of rotatable bonds is 15. The van der Waals surface area contributed by atoms with E-state index in [4.69, 9.17) is 0 Å². The third-order valence-electron chi connectivity index (χ3n) is 5.57. The molecule has 1 unspecified atom stereocenters. The van der Waals surface area contributed by atoms with Crippen LogP contribution >= 0.6 is 11.8 Å². The highest BCUT2D eigenvalue weighted by molar-refractivity contribution is 7.99. The molecule has 0 fully saturated rings. The van der Waals surface area contributed by atoms with E-state index in [2.05, 4.69) is 58.5 Å². The van der Waals surface area contributed by atoms with E-state index in [-0.39, 0.29) is 5.41 Å². The van der Waals surface area contributed by atoms with E-state index in [0.717, 1.165) is 5.56 Å². The van der Waals surface area contributed by atoms with E-state index >= 15 is 0 Å². The van der Waals surface area contributed by atoms with Crippen molar-refractivity contribution in [3.8, 4) is 5.75 Å². The third kappa shape index (κ3) is 10.2. The minimum Gasteiger partial charge on any atom is -0.508 e. The van der Waals surface area contributed by atoms with Crippen LogP contribution in [-0.4, -0.2) is 10.9 Å². The Balaban J connectivity index is 2.34. The second-order valence-electron chi connectivity index (χ2n) is 9.36. The summed E-state index contributed by atoms with van der Waals surface area (Å²) in [5, 5.41) is 10.8. The van der Waals surface area contributed by atoms with Crippen molar-refractivity contribution in [2.45, 2.75) is 122 Å². The Morgan fingerprint density at radius 1 is 0.821 bits per heavy atom. The Bertz CT molecular complexity index is 518. The maximum Gasteiger partial charge on any atom is 0.119 e. The fourth-order valence-corrected chi connectivity index (χ4v) is 5.17. The van der Waals surface area contributed by atoms with Gasteiger partial charge in [0.05, 0.1) is 0 Å². The molecule has 1 aromatic carbocycles. The maximum absolute atomic E-state index is 10.3. The van der Waals surface area contributed by atoms with Crippen molar-refractivity contribution >= 4 is 11.8 Å². The molecule has 1 nitrogen and oxygen atoms in total. The minimum absolute atomic E-state index is 0.0158. The van der Waals surface area contributed by atoms with Gasteiger partial charge in [0.15, 0.2) is 0 Å². The number of phenolic OH excluding ortho intramolecular Hbond substituents is 1. The van der Waals surface area contributed by atoms with Crippen molar-refractivity contribution in [1.82, 2.24) is 0 Å². The van der Waals surface area contributed by atoms with E-state index in [1.165, 1.54) is 88.4 Å². The molecule has 0 heterocycles. The predicted octanol–water partition coefficient (Wildman–Crippen LogP) is 9.19. The van der Waals surface area contributed by atoms with Crippen molar-refractivity contribution in [3.63, 3.8) is 0 Å². The van der Waals surface area contributed by atoms with Crippen LogP contribution in [0.3, 0.4) is 0 Å². The first-order valence-electron chi connectivity index (χ1n) is 11.8. The zero-order valence-corrected chi connectivity index (χ0v) is 20.2. The summed E-state index contributed by atoms with van der Waals surface area (Å²) in [6.07, 6.45) is 16.5. The molecule has 0 bridgehead atoms. The molecule has 0 aromatic heterocycles. The first kappa shape index (κ1) is 25.4. The van der Waals surface area contributed by atoms with Gasteiger partial charge in [-0.05, 0) is 41.2 Å². The van der Waals surface area contributed by atoms with Crippen LogP contribution in [0.15, 0.2) is 18.2 Å². The van der Waals surface area contributed by atoms with Gasteiger partial charge in [-0.15, -0.1) is 0 Å². The molecule has 0 aliphatic heterocycles. The van der Waals surface area contributed by atoms with Gasteiger partial charge in [-0.25, -0.2) is 0 Å². The molecule has 1 N–H and O–H groups in total. The number of benzene rings is 1. The van der Waals surface area contributed by atoms with Crippen molar-refractivity contribution in [2.24, 2.45) is 0 Å². The first-order valence-corrected chi connectivity index (χ1v) is 12.9. The predicted molar refractivity (Wildman–Crippen MR) is 129 cm³/mol. The largest absolute Gasteiger partial charge is 0.508 e. The lowest BCUT2D eigenvalue weighted by atomic mass is 9.85. The van der Waals surface area contributed by atoms with Crippen LogP contribution in [-0.2, 0) is 5.41 Å². The van der Waals surface area contributed by atoms with Gasteiger partial charge in [0.25, 0.3) is 0 Å². The van der Waals surface area contributed by atoms with E-state index < -0.39 is 0 Å². The molecule has 2 heteroatoms. The average Bonchev–Trinajstić information content (AvgIpc) is 2.65. The van der Waals surface area contributed by atoms with E-state index in [0.29, 0.717) is 11.0 Å². The molecule has 28 heavy (non-hydrogen) atoms. The van der Waals surface area contributed by atoms with Crippen LogP contribution in [0.4, 0.5) is 0 Å². The highest BCUT2D eigenvalue weighted by Gasteiger charge is 2.20. The molecule has 0 saturated heterocycles. The molecular weight excluding hydrogens is 360 g/mol. The molecule has 0 spiro atoms. The lowest BCUT2D eigenvalue weighted by Crippen LogP contribution is -2.12. The van der Waals surface area contributed by atoms with Gasteiger partial charge in [-0.3, -0.25) is 0 Å². The van der Waals surface area contributed by atoms with Gasteiger partial charge >= 0.3 is 0 Å². The van der Waals surface area contributed by atoms with E-state index in [9.17, 15) is 5.11 Å². The fraction of sp³-hybridized carbons (Fsp3) is 0.769. The van der Waals surface area contributed by atoms with Gasteiger partial charge in [0, 0.05) is 5.25 Å². The Hall–Kier alpha value is -0.630. The SMILES string of the molecule is CCCCCCCCCCCCSC(CCC)c1ccc(O)c(C(C)(C)C)c1. The number of hydrogen-bond donors (Lipinski definition) is 1. The molecule has 0 aliphatic rings. The lowest BCUT2D eigenvalue weighted by molar-refractivity contribution is 0.446. The number of thioether (sulfide) groups is 1. The number of unbranched alkanes of at least 4 members (excludes halogenated alkanes) is 9. The van der Waals surface area contributed by atoms with Crippen molar-refractivity contribution in [1.29, 1.82) is 0 Å². The van der Waals surface area contributed by atoms with Crippen molar-refractivity contribution in [2.75, 3.05) is 5.75 Å². The zero-order chi connectivity index (χ0) is 20.8. The van der Waals surface area contributed by atoms with Gasteiger partial charge < -0.3 is 5.11 Å².